The molecule has 5 heterocycles. The minimum Gasteiger partial charge on any atom is -0.494 e. The van der Waals surface area contributed by atoms with Crippen LogP contribution in [-0.2, 0) is 0 Å². The van der Waals surface area contributed by atoms with Gasteiger partial charge in [0.2, 0.25) is 5.95 Å². The molecule has 56 heavy (non-hydrogen) atoms. The normalized spacial score (nSPS) is 15.6. The van der Waals surface area contributed by atoms with Crippen LogP contribution in [0.2, 0.25) is 0 Å². The first kappa shape index (κ1) is 37.0. The Kier molecular flexibility index (Phi) is 10.8. The van der Waals surface area contributed by atoms with Gasteiger partial charge in [0, 0.05) is 74.0 Å². The number of carbonyl (C=O) groups is 1. The standard InChI is InChI=1S/C42H42F3N9O2/c1-56-36-27-31(53-24-22-52(23-25-53)30-14-19-51(20-15-30)21-16-43)11-12-34(36)47-42-46-17-13-35(48-42)40-38(49-37-10-2-3-18-54(37)40)28-6-4-7-29(26-28)41(55)50-39-32(44)8-5-9-33(39)45/h2-13,17-18,26-27,30H,14-16,19-25H2,1H3,(H,50,55)(H,46,47,48). The Morgan fingerprint density at radius 2 is 1.66 bits per heavy atom. The second-order valence-corrected chi connectivity index (χ2v) is 13.9. The Balaban J connectivity index is 1.01. The molecule has 2 fully saturated rings. The number of ether oxygens (including phenoxy) is 1. The van der Waals surface area contributed by atoms with E-state index in [4.69, 9.17) is 14.7 Å². The van der Waals surface area contributed by atoms with Crippen LogP contribution in [0.5, 0.6) is 5.75 Å². The first-order chi connectivity index (χ1) is 27.4. The zero-order chi connectivity index (χ0) is 38.6. The van der Waals surface area contributed by atoms with E-state index < -0.39 is 23.2 Å². The predicted molar refractivity (Wildman–Crippen MR) is 211 cm³/mol. The van der Waals surface area contributed by atoms with Crippen LogP contribution in [0.4, 0.5) is 36.2 Å². The van der Waals surface area contributed by atoms with Crippen LogP contribution in [0.25, 0.3) is 28.3 Å². The van der Waals surface area contributed by atoms with Crippen LogP contribution in [0.3, 0.4) is 0 Å². The number of hydrogen-bond acceptors (Lipinski definition) is 9. The molecule has 2 N–H and O–H groups in total. The molecular formula is C42H42F3N9O2. The van der Waals surface area contributed by atoms with Crippen LogP contribution in [0, 0.1) is 11.6 Å². The average Bonchev–Trinajstić information content (AvgIpc) is 3.63. The second kappa shape index (κ2) is 16.4. The van der Waals surface area contributed by atoms with Crippen molar-refractivity contribution in [2.24, 2.45) is 0 Å². The minimum absolute atomic E-state index is 0.197. The van der Waals surface area contributed by atoms with Crippen molar-refractivity contribution in [1.29, 1.82) is 0 Å². The van der Waals surface area contributed by atoms with E-state index in [1.54, 1.807) is 37.6 Å². The summed E-state index contributed by atoms with van der Waals surface area (Å²) in [5.74, 6) is -1.41. The molecule has 2 aliphatic rings. The molecule has 0 radical (unpaired) electrons. The molecule has 8 rings (SSSR count). The summed E-state index contributed by atoms with van der Waals surface area (Å²) >= 11 is 0. The molecule has 3 aromatic carbocycles. The van der Waals surface area contributed by atoms with Gasteiger partial charge in [0.1, 0.15) is 35.4 Å². The third-order valence-electron chi connectivity index (χ3n) is 10.6. The number of fused-ring (bicyclic) bond motifs is 1. The smallest absolute Gasteiger partial charge is 0.255 e. The third-order valence-corrected chi connectivity index (χ3v) is 10.6. The van der Waals surface area contributed by atoms with E-state index >= 15 is 0 Å². The topological polar surface area (TPSA) is 103 Å². The van der Waals surface area contributed by atoms with Crippen LogP contribution in [0.15, 0.2) is 97.3 Å². The van der Waals surface area contributed by atoms with Gasteiger partial charge in [-0.2, -0.15) is 0 Å². The zero-order valence-corrected chi connectivity index (χ0v) is 31.0. The summed E-state index contributed by atoms with van der Waals surface area (Å²) in [6.07, 6.45) is 5.72. The van der Waals surface area contributed by atoms with E-state index in [0.717, 1.165) is 69.9 Å². The summed E-state index contributed by atoms with van der Waals surface area (Å²) in [5.41, 5.74) is 4.51. The number of halogens is 3. The van der Waals surface area contributed by atoms with Crippen molar-refractivity contribution in [1.82, 2.24) is 29.2 Å². The van der Waals surface area contributed by atoms with Crippen molar-refractivity contribution >= 4 is 34.6 Å². The summed E-state index contributed by atoms with van der Waals surface area (Å²) in [5, 5.41) is 5.70. The fraction of sp³-hybridized carbons (Fsp3) is 0.286. The quantitative estimate of drug-likeness (QED) is 0.141. The summed E-state index contributed by atoms with van der Waals surface area (Å²) in [6.45, 7) is 5.96. The lowest BCUT2D eigenvalue weighted by Crippen LogP contribution is -2.53. The number of imidazole rings is 1. The molecular weight excluding hydrogens is 720 g/mol. The molecule has 2 saturated heterocycles. The maximum atomic E-state index is 14.3. The molecule has 0 aliphatic carbocycles. The number of carbonyl (C=O) groups excluding carboxylic acids is 1. The maximum absolute atomic E-state index is 14.3. The summed E-state index contributed by atoms with van der Waals surface area (Å²) in [4.78, 5) is 34.7. The number of nitrogens with one attached hydrogen (secondary N) is 2. The molecule has 3 aromatic heterocycles. The molecule has 288 valence electrons. The van der Waals surface area contributed by atoms with E-state index in [2.05, 4.69) is 36.4 Å². The fourth-order valence-corrected chi connectivity index (χ4v) is 7.68. The summed E-state index contributed by atoms with van der Waals surface area (Å²) < 4.78 is 49.2. The van der Waals surface area contributed by atoms with Gasteiger partial charge >= 0.3 is 0 Å². The number of alkyl halides is 1. The van der Waals surface area contributed by atoms with Gasteiger partial charge in [-0.3, -0.25) is 14.1 Å². The number of hydrogen-bond donors (Lipinski definition) is 2. The largest absolute Gasteiger partial charge is 0.494 e. The van der Waals surface area contributed by atoms with Gasteiger partial charge < -0.3 is 25.2 Å². The number of amides is 1. The number of nitrogens with zero attached hydrogens (tertiary/aromatic N) is 7. The molecule has 0 atom stereocenters. The Morgan fingerprint density at radius 1 is 0.875 bits per heavy atom. The first-order valence-corrected chi connectivity index (χ1v) is 18.8. The highest BCUT2D eigenvalue weighted by Gasteiger charge is 2.28. The highest BCUT2D eigenvalue weighted by atomic mass is 19.1. The van der Waals surface area contributed by atoms with Crippen LogP contribution in [0.1, 0.15) is 23.2 Å². The van der Waals surface area contributed by atoms with Crippen molar-refractivity contribution in [2.75, 3.05) is 75.1 Å². The van der Waals surface area contributed by atoms with Gasteiger partial charge in [-0.15, -0.1) is 0 Å². The molecule has 0 spiro atoms. The Morgan fingerprint density at radius 3 is 2.43 bits per heavy atom. The Bertz CT molecular complexity index is 2320. The minimum atomic E-state index is -0.868. The average molecular weight is 762 g/mol. The number of pyridine rings is 1. The highest BCUT2D eigenvalue weighted by molar-refractivity contribution is 6.05. The fourth-order valence-electron chi connectivity index (χ4n) is 7.68. The van der Waals surface area contributed by atoms with Gasteiger partial charge in [0.05, 0.1) is 29.9 Å². The third kappa shape index (κ3) is 7.75. The number of likely N-dealkylation sites (tertiary alicyclic amines) is 1. The number of aromatic nitrogens is 4. The van der Waals surface area contributed by atoms with E-state index in [9.17, 15) is 18.0 Å². The first-order valence-electron chi connectivity index (χ1n) is 18.8. The van der Waals surface area contributed by atoms with Gasteiger partial charge in [-0.25, -0.2) is 28.1 Å². The lowest BCUT2D eigenvalue weighted by atomic mass is 10.0. The SMILES string of the molecule is COc1cc(N2CCN(C3CCN(CCF)CC3)CC2)ccc1Nc1nccc(-c2c(-c3cccc(C(=O)Nc4c(F)cccc4F)c3)nc3ccccn23)n1. The van der Waals surface area contributed by atoms with Gasteiger partial charge in [0.25, 0.3) is 5.91 Å². The van der Waals surface area contributed by atoms with Gasteiger partial charge in [-0.1, -0.05) is 24.3 Å². The zero-order valence-electron chi connectivity index (χ0n) is 31.0. The Labute approximate surface area is 322 Å². The molecule has 0 bridgehead atoms. The molecule has 0 saturated carbocycles. The van der Waals surface area contributed by atoms with Gasteiger partial charge in [-0.05, 0) is 80.5 Å². The molecule has 1 amide bonds. The van der Waals surface area contributed by atoms with E-state index in [1.807, 2.05) is 47.0 Å². The number of benzene rings is 3. The van der Waals surface area contributed by atoms with Crippen LogP contribution < -0.4 is 20.3 Å². The van der Waals surface area contributed by atoms with Crippen LogP contribution >= 0.6 is 0 Å². The van der Waals surface area contributed by atoms with E-state index in [-0.39, 0.29) is 12.2 Å². The van der Waals surface area contributed by atoms with Crippen molar-refractivity contribution in [3.05, 3.63) is 115 Å². The van der Waals surface area contributed by atoms with Crippen molar-refractivity contribution in [2.45, 2.75) is 18.9 Å². The molecule has 6 aromatic rings. The van der Waals surface area contributed by atoms with E-state index in [0.29, 0.717) is 58.3 Å². The van der Waals surface area contributed by atoms with Crippen molar-refractivity contribution in [3.63, 3.8) is 0 Å². The number of anilines is 4. The number of piperidine rings is 1. The molecule has 14 heteroatoms. The number of para-hydroxylation sites is 1. The number of methoxy groups -OCH3 is 1. The number of rotatable bonds is 11. The van der Waals surface area contributed by atoms with Crippen LogP contribution in [-0.4, -0.2) is 101 Å². The van der Waals surface area contributed by atoms with Gasteiger partial charge in [0.15, 0.2) is 0 Å². The molecule has 2 aliphatic heterocycles. The van der Waals surface area contributed by atoms with E-state index in [1.165, 1.54) is 6.07 Å². The second-order valence-electron chi connectivity index (χ2n) is 13.9. The number of piperazine rings is 1. The van der Waals surface area contributed by atoms with Crippen molar-refractivity contribution < 1.29 is 22.7 Å². The molecule has 11 nitrogen and oxygen atoms in total. The monoisotopic (exact) mass is 761 g/mol. The maximum Gasteiger partial charge on any atom is 0.255 e. The lowest BCUT2D eigenvalue weighted by Gasteiger charge is -2.43. The Hall–Kier alpha value is -5.99. The summed E-state index contributed by atoms with van der Waals surface area (Å²) in [6, 6.07) is 24.2. The lowest BCUT2D eigenvalue weighted by molar-refractivity contribution is 0.0998. The molecule has 0 unspecified atom stereocenters. The van der Waals surface area contributed by atoms with Crippen molar-refractivity contribution in [3.8, 4) is 28.4 Å². The predicted octanol–water partition coefficient (Wildman–Crippen LogP) is 7.30. The highest BCUT2D eigenvalue weighted by Crippen LogP contribution is 2.35. The summed E-state index contributed by atoms with van der Waals surface area (Å²) in [7, 11) is 1.64.